The van der Waals surface area contributed by atoms with E-state index in [4.69, 9.17) is 8.83 Å². The number of fused-ring (bicyclic) bond motifs is 4. The van der Waals surface area contributed by atoms with E-state index >= 15 is 0 Å². The fourth-order valence-electron chi connectivity index (χ4n) is 8.12. The Morgan fingerprint density at radius 1 is 0.517 bits per heavy atom. The molecule has 8 heteroatoms. The van der Waals surface area contributed by atoms with Crippen LogP contribution in [0.3, 0.4) is 0 Å². The number of anilines is 2. The van der Waals surface area contributed by atoms with Crippen LogP contribution in [0.5, 0.6) is 11.5 Å². The smallest absolute Gasteiger partial charge is 0.336 e. The summed E-state index contributed by atoms with van der Waals surface area (Å²) in [6.45, 7) is 8.68. The number of phenols is 2. The van der Waals surface area contributed by atoms with E-state index in [-0.39, 0.29) is 24.6 Å². The van der Waals surface area contributed by atoms with Crippen molar-refractivity contribution in [2.75, 3.05) is 10.6 Å². The molecule has 8 nitrogen and oxygen atoms in total. The maximum atomic E-state index is 12.4. The van der Waals surface area contributed by atoms with Crippen LogP contribution < -0.4 is 21.9 Å². The van der Waals surface area contributed by atoms with Gasteiger partial charge in [-0.15, -0.1) is 0 Å². The third-order valence-electron chi connectivity index (χ3n) is 11.3. The third kappa shape index (κ3) is 7.62. The van der Waals surface area contributed by atoms with E-state index in [1.165, 1.54) is 23.3 Å². The van der Waals surface area contributed by atoms with Crippen LogP contribution in [0.25, 0.3) is 54.6 Å². The Labute approximate surface area is 336 Å². The largest absolute Gasteiger partial charge is 0.507 e. The first-order valence-corrected chi connectivity index (χ1v) is 20.2. The molecule has 0 spiro atoms. The first kappa shape index (κ1) is 38.3. The molecule has 0 saturated heterocycles. The van der Waals surface area contributed by atoms with Gasteiger partial charge in [0.05, 0.1) is 0 Å². The van der Waals surface area contributed by atoms with E-state index in [1.807, 2.05) is 62.4 Å². The number of unbranched alkanes of at least 4 members (excludes halogenated alkanes) is 2. The van der Waals surface area contributed by atoms with E-state index in [2.05, 4.69) is 60.9 Å². The molecule has 6 aromatic carbocycles. The number of phenolic OH excluding ortho intramolecular Hbond substituents is 2. The number of rotatable bonds is 13. The van der Waals surface area contributed by atoms with Crippen molar-refractivity contribution in [3.8, 4) is 22.6 Å². The van der Waals surface area contributed by atoms with Gasteiger partial charge in [-0.2, -0.15) is 0 Å². The standard InChI is InChI=1S/C50H48N2O6/c1-5-7-9-31-11-15-41-33(21-31)23-35(27-51-37-13-17-39-29(3)19-45(53)57-43(39)25-37)49(55)47(41)48-42-16-12-32(10-8-6-2)22-34(42)24-36(50(48)56)28-52-38-14-18-40-30(4)20-46(54)58-44(40)26-38/h11-26,51-52,55-56H,5-10,27-28H2,1-4H3. The molecule has 0 fully saturated rings. The molecule has 58 heavy (non-hydrogen) atoms. The summed E-state index contributed by atoms with van der Waals surface area (Å²) in [6, 6.07) is 31.1. The van der Waals surface area contributed by atoms with Crippen LogP contribution in [-0.4, -0.2) is 10.2 Å². The second-order valence-corrected chi connectivity index (χ2v) is 15.5. The number of hydrogen-bond donors (Lipinski definition) is 4. The van der Waals surface area contributed by atoms with Crippen molar-refractivity contribution >= 4 is 54.9 Å². The zero-order chi connectivity index (χ0) is 40.5. The number of aryl methyl sites for hydroxylation is 4. The number of nitrogens with one attached hydrogen (secondary N) is 2. The fraction of sp³-hybridized carbons (Fsp3) is 0.240. The lowest BCUT2D eigenvalue weighted by molar-refractivity contribution is 0.464. The Bertz CT molecular complexity index is 2780. The molecule has 0 radical (unpaired) electrons. The molecule has 0 saturated carbocycles. The van der Waals surface area contributed by atoms with Gasteiger partial charge >= 0.3 is 11.3 Å². The molecule has 4 N–H and O–H groups in total. The van der Waals surface area contributed by atoms with Crippen molar-refractivity contribution in [1.29, 1.82) is 0 Å². The van der Waals surface area contributed by atoms with E-state index in [0.717, 1.165) is 93.3 Å². The van der Waals surface area contributed by atoms with Crippen LogP contribution in [0.15, 0.2) is 115 Å². The summed E-state index contributed by atoms with van der Waals surface area (Å²) >= 11 is 0. The fourth-order valence-corrected chi connectivity index (χ4v) is 8.12. The maximum Gasteiger partial charge on any atom is 0.336 e. The molecule has 2 aromatic heterocycles. The summed E-state index contributed by atoms with van der Waals surface area (Å²) in [5.74, 6) is 0.141. The molecule has 8 rings (SSSR count). The summed E-state index contributed by atoms with van der Waals surface area (Å²) in [4.78, 5) is 24.3. The third-order valence-corrected chi connectivity index (χ3v) is 11.3. The van der Waals surface area contributed by atoms with E-state index < -0.39 is 11.3 Å². The van der Waals surface area contributed by atoms with Gasteiger partial charge in [-0.1, -0.05) is 63.1 Å². The highest BCUT2D eigenvalue weighted by Gasteiger charge is 2.23. The topological polar surface area (TPSA) is 125 Å². The second-order valence-electron chi connectivity index (χ2n) is 15.5. The summed E-state index contributed by atoms with van der Waals surface area (Å²) in [7, 11) is 0. The minimum absolute atomic E-state index is 0.0705. The monoisotopic (exact) mass is 772 g/mol. The molecule has 2 heterocycles. The summed E-state index contributed by atoms with van der Waals surface area (Å²) in [5, 5.41) is 37.0. The molecule has 0 atom stereocenters. The highest BCUT2D eigenvalue weighted by Crippen LogP contribution is 2.48. The van der Waals surface area contributed by atoms with Crippen molar-refractivity contribution in [2.24, 2.45) is 0 Å². The van der Waals surface area contributed by atoms with Gasteiger partial charge in [0.2, 0.25) is 0 Å². The van der Waals surface area contributed by atoms with Crippen molar-refractivity contribution in [3.63, 3.8) is 0 Å². The molecule has 0 aliphatic carbocycles. The molecule has 0 bridgehead atoms. The zero-order valence-corrected chi connectivity index (χ0v) is 33.4. The molecular formula is C50H48N2O6. The second kappa shape index (κ2) is 16.1. The Morgan fingerprint density at radius 2 is 0.931 bits per heavy atom. The molecule has 0 amide bonds. The molecular weight excluding hydrogens is 725 g/mol. The van der Waals surface area contributed by atoms with Crippen LogP contribution in [0.4, 0.5) is 11.4 Å². The highest BCUT2D eigenvalue weighted by molar-refractivity contribution is 6.11. The van der Waals surface area contributed by atoms with Gasteiger partial charge in [0.1, 0.15) is 22.7 Å². The summed E-state index contributed by atoms with van der Waals surface area (Å²) in [5.41, 5.74) is 8.19. The van der Waals surface area contributed by atoms with Crippen LogP contribution in [-0.2, 0) is 25.9 Å². The Morgan fingerprint density at radius 3 is 1.34 bits per heavy atom. The van der Waals surface area contributed by atoms with E-state index in [0.29, 0.717) is 33.4 Å². The number of hydrogen-bond acceptors (Lipinski definition) is 8. The Kier molecular flexibility index (Phi) is 10.7. The lowest BCUT2D eigenvalue weighted by Crippen LogP contribution is -2.04. The normalized spacial score (nSPS) is 11.6. The van der Waals surface area contributed by atoms with Gasteiger partial charge < -0.3 is 29.7 Å². The van der Waals surface area contributed by atoms with Crippen molar-refractivity contribution in [1.82, 2.24) is 0 Å². The van der Waals surface area contributed by atoms with Gasteiger partial charge in [-0.3, -0.25) is 0 Å². The first-order valence-electron chi connectivity index (χ1n) is 20.2. The number of aromatic hydroxyl groups is 2. The summed E-state index contributed by atoms with van der Waals surface area (Å²) in [6.07, 6.45) is 6.15. The first-order chi connectivity index (χ1) is 28.1. The van der Waals surface area contributed by atoms with Gasteiger partial charge in [0.25, 0.3) is 0 Å². The highest BCUT2D eigenvalue weighted by atomic mass is 16.4. The number of benzene rings is 6. The molecule has 0 aliphatic rings. The quantitative estimate of drug-likeness (QED) is 0.0854. The predicted octanol–water partition coefficient (Wildman–Crippen LogP) is 11.8. The van der Waals surface area contributed by atoms with E-state index in [1.54, 1.807) is 0 Å². The zero-order valence-electron chi connectivity index (χ0n) is 33.4. The van der Waals surface area contributed by atoms with Crippen LogP contribution >= 0.6 is 0 Å². The summed E-state index contributed by atoms with van der Waals surface area (Å²) < 4.78 is 11.0. The van der Waals surface area contributed by atoms with Crippen LogP contribution in [0.2, 0.25) is 0 Å². The lowest BCUT2D eigenvalue weighted by Gasteiger charge is -2.21. The minimum atomic E-state index is -0.402. The van der Waals surface area contributed by atoms with Crippen molar-refractivity contribution in [2.45, 2.75) is 79.3 Å². The molecule has 0 unspecified atom stereocenters. The minimum Gasteiger partial charge on any atom is -0.507 e. The van der Waals surface area contributed by atoms with E-state index in [9.17, 15) is 19.8 Å². The molecule has 0 aliphatic heterocycles. The lowest BCUT2D eigenvalue weighted by atomic mass is 9.87. The Hall–Kier alpha value is -6.54. The van der Waals surface area contributed by atoms with Gasteiger partial charge in [-0.05, 0) is 120 Å². The van der Waals surface area contributed by atoms with Crippen molar-refractivity contribution in [3.05, 3.63) is 151 Å². The Balaban J connectivity index is 1.27. The van der Waals surface area contributed by atoms with Crippen LogP contribution in [0, 0.1) is 13.8 Å². The average Bonchev–Trinajstić information content (AvgIpc) is 3.20. The van der Waals surface area contributed by atoms with Gasteiger partial charge in [-0.25, -0.2) is 9.59 Å². The van der Waals surface area contributed by atoms with Gasteiger partial charge in [0, 0.05) is 81.8 Å². The molecule has 8 aromatic rings. The molecule has 294 valence electrons. The van der Waals surface area contributed by atoms with Crippen molar-refractivity contribution < 1.29 is 19.0 Å². The predicted molar refractivity (Wildman–Crippen MR) is 237 cm³/mol. The maximum absolute atomic E-state index is 12.4. The SMILES string of the molecule is CCCCc1ccc2c(-c3c(O)c(CNc4ccc5c(C)cc(=O)oc5c4)cc4cc(CCCC)ccc34)c(O)c(CNc3ccc4c(C)cc(=O)oc4c3)cc2c1. The van der Waals surface area contributed by atoms with Gasteiger partial charge in [0.15, 0.2) is 0 Å². The van der Waals surface area contributed by atoms with Crippen LogP contribution in [0.1, 0.15) is 72.9 Å². The average molecular weight is 773 g/mol.